The van der Waals surface area contributed by atoms with Crippen LogP contribution in [-0.2, 0) is 30.7 Å². The second kappa shape index (κ2) is 8.98. The molecular weight excluding hydrogens is 322 g/mol. The van der Waals surface area contributed by atoms with Gasteiger partial charge in [0.15, 0.2) is 0 Å². The van der Waals surface area contributed by atoms with Crippen LogP contribution in [0.15, 0.2) is 14.5 Å². The molecule has 1 aromatic rings. The lowest BCUT2D eigenvalue weighted by Gasteiger charge is -2.05. The molecule has 2 N–H and O–H groups in total. The molecule has 0 atom stereocenters. The third kappa shape index (κ3) is 6.08. The van der Waals surface area contributed by atoms with Crippen molar-refractivity contribution >= 4 is 33.1 Å². The summed E-state index contributed by atoms with van der Waals surface area (Å²) in [6.45, 7) is 1.67. The number of primary sulfonamides is 1. The van der Waals surface area contributed by atoms with E-state index in [0.29, 0.717) is 26.2 Å². The number of thiophene rings is 1. The van der Waals surface area contributed by atoms with Crippen LogP contribution in [0.25, 0.3) is 0 Å². The van der Waals surface area contributed by atoms with Gasteiger partial charge in [-0.25, -0.2) is 13.6 Å². The number of methoxy groups -OCH3 is 1. The first kappa shape index (κ1) is 17.9. The van der Waals surface area contributed by atoms with Crippen molar-refractivity contribution in [1.29, 1.82) is 0 Å². The summed E-state index contributed by atoms with van der Waals surface area (Å²) in [7, 11) is -2.03. The first-order valence-corrected chi connectivity index (χ1v) is 9.41. The molecule has 0 bridgehead atoms. The van der Waals surface area contributed by atoms with E-state index in [9.17, 15) is 8.42 Å². The lowest BCUT2D eigenvalue weighted by atomic mass is 10.2. The van der Waals surface area contributed by atoms with Crippen LogP contribution in [0.3, 0.4) is 0 Å². The molecule has 0 saturated carbocycles. The van der Waals surface area contributed by atoms with E-state index in [1.54, 1.807) is 13.2 Å². The minimum atomic E-state index is -3.63. The highest BCUT2D eigenvalue weighted by atomic mass is 32.3. The number of thioether (sulfide) groups is 1. The number of hydrogen-bond donors (Lipinski definition) is 1. The minimum absolute atomic E-state index is 0.188. The highest BCUT2D eigenvalue weighted by Crippen LogP contribution is 2.33. The van der Waals surface area contributed by atoms with E-state index >= 15 is 0 Å². The molecule has 0 spiro atoms. The fourth-order valence-corrected chi connectivity index (χ4v) is 4.26. The van der Waals surface area contributed by atoms with Crippen molar-refractivity contribution in [3.63, 3.8) is 0 Å². The van der Waals surface area contributed by atoms with Crippen molar-refractivity contribution in [2.24, 2.45) is 5.14 Å². The van der Waals surface area contributed by atoms with Gasteiger partial charge in [0.2, 0.25) is 10.0 Å². The van der Waals surface area contributed by atoms with E-state index in [2.05, 4.69) is 0 Å². The van der Waals surface area contributed by atoms with Gasteiger partial charge in [-0.1, -0.05) is 0 Å². The van der Waals surface area contributed by atoms with Crippen molar-refractivity contribution in [1.82, 2.24) is 0 Å². The van der Waals surface area contributed by atoms with Crippen LogP contribution in [0.2, 0.25) is 0 Å². The van der Waals surface area contributed by atoms with Gasteiger partial charge >= 0.3 is 0 Å². The Bertz CT molecular complexity index is 500. The Hall–Kier alpha value is -0.160. The SMILES string of the molecule is COCCOCOCCc1cc(S(N)(=O)=O)sc1SC. The Balaban J connectivity index is 2.42. The van der Waals surface area contributed by atoms with Gasteiger partial charge in [0, 0.05) is 7.11 Å². The molecule has 20 heavy (non-hydrogen) atoms. The topological polar surface area (TPSA) is 87.8 Å². The van der Waals surface area contributed by atoms with E-state index in [4.69, 9.17) is 19.3 Å². The average Bonchev–Trinajstić information content (AvgIpc) is 2.81. The maximum atomic E-state index is 11.3. The normalized spacial score (nSPS) is 11.9. The summed E-state index contributed by atoms with van der Waals surface area (Å²) in [6, 6.07) is 1.61. The molecule has 0 aliphatic carbocycles. The summed E-state index contributed by atoms with van der Waals surface area (Å²) >= 11 is 2.69. The molecular formula is C11H19NO5S3. The largest absolute Gasteiger partial charge is 0.382 e. The first-order chi connectivity index (χ1) is 9.49. The van der Waals surface area contributed by atoms with Gasteiger partial charge in [-0.3, -0.25) is 0 Å². The van der Waals surface area contributed by atoms with E-state index in [0.717, 1.165) is 9.77 Å². The highest BCUT2D eigenvalue weighted by molar-refractivity contribution is 8.01. The Labute approximate surface area is 127 Å². The Morgan fingerprint density at radius 2 is 2.00 bits per heavy atom. The van der Waals surface area contributed by atoms with Crippen molar-refractivity contribution in [3.8, 4) is 0 Å². The van der Waals surface area contributed by atoms with E-state index in [1.807, 2.05) is 6.26 Å². The number of rotatable bonds is 10. The first-order valence-electron chi connectivity index (χ1n) is 5.83. The van der Waals surface area contributed by atoms with Crippen LogP contribution < -0.4 is 5.14 Å². The van der Waals surface area contributed by atoms with Crippen molar-refractivity contribution < 1.29 is 22.6 Å². The standard InChI is InChI=1S/C11H19NO5S3/c1-15-5-6-17-8-16-4-3-9-7-10(20(12,13)14)19-11(9)18-2/h7H,3-6,8H2,1-2H3,(H2,12,13,14). The van der Waals surface area contributed by atoms with Crippen molar-refractivity contribution in [2.45, 2.75) is 14.8 Å². The predicted octanol–water partition coefficient (Wildman–Crippen LogP) is 1.30. The molecule has 0 aromatic carbocycles. The summed E-state index contributed by atoms with van der Waals surface area (Å²) < 4.78 is 39.1. The fourth-order valence-electron chi connectivity index (χ4n) is 1.38. The molecule has 0 aliphatic heterocycles. The maximum absolute atomic E-state index is 11.3. The fraction of sp³-hybridized carbons (Fsp3) is 0.636. The van der Waals surface area contributed by atoms with Gasteiger partial charge in [-0.05, 0) is 24.3 Å². The zero-order chi connectivity index (χ0) is 15.0. The zero-order valence-corrected chi connectivity index (χ0v) is 13.9. The Morgan fingerprint density at radius 3 is 2.60 bits per heavy atom. The van der Waals surface area contributed by atoms with Crippen LogP contribution in [0, 0.1) is 0 Å². The van der Waals surface area contributed by atoms with Gasteiger partial charge < -0.3 is 14.2 Å². The molecule has 1 aromatic heterocycles. The molecule has 9 heteroatoms. The van der Waals surface area contributed by atoms with Gasteiger partial charge in [0.05, 0.1) is 24.0 Å². The van der Waals surface area contributed by atoms with Crippen LogP contribution in [0.5, 0.6) is 0 Å². The second-order valence-electron chi connectivity index (χ2n) is 3.80. The monoisotopic (exact) mass is 341 g/mol. The molecule has 6 nitrogen and oxygen atoms in total. The van der Waals surface area contributed by atoms with Crippen LogP contribution in [-0.4, -0.2) is 48.4 Å². The predicted molar refractivity (Wildman–Crippen MR) is 79.8 cm³/mol. The summed E-state index contributed by atoms with van der Waals surface area (Å²) in [5.74, 6) is 0. The molecule has 0 radical (unpaired) electrons. The summed E-state index contributed by atoms with van der Waals surface area (Å²) in [6.07, 6.45) is 2.52. The van der Waals surface area contributed by atoms with Crippen LogP contribution in [0.1, 0.15) is 5.56 Å². The lowest BCUT2D eigenvalue weighted by Crippen LogP contribution is -2.10. The number of nitrogens with two attached hydrogens (primary N) is 1. The highest BCUT2D eigenvalue weighted by Gasteiger charge is 2.15. The zero-order valence-electron chi connectivity index (χ0n) is 11.5. The molecule has 0 saturated heterocycles. The Kier molecular flexibility index (Phi) is 8.03. The third-order valence-electron chi connectivity index (χ3n) is 2.33. The lowest BCUT2D eigenvalue weighted by molar-refractivity contribution is -0.0647. The minimum Gasteiger partial charge on any atom is -0.382 e. The molecule has 0 unspecified atom stereocenters. The average molecular weight is 341 g/mol. The van der Waals surface area contributed by atoms with Gasteiger partial charge in [0.1, 0.15) is 11.0 Å². The van der Waals surface area contributed by atoms with Gasteiger partial charge in [-0.15, -0.1) is 23.1 Å². The van der Waals surface area contributed by atoms with Crippen molar-refractivity contribution in [2.75, 3.05) is 40.0 Å². The van der Waals surface area contributed by atoms with Gasteiger partial charge in [-0.2, -0.15) is 0 Å². The Morgan fingerprint density at radius 1 is 1.30 bits per heavy atom. The molecule has 1 heterocycles. The summed E-state index contributed by atoms with van der Waals surface area (Å²) in [5, 5.41) is 5.13. The van der Waals surface area contributed by atoms with Crippen LogP contribution >= 0.6 is 23.1 Å². The number of sulfonamides is 1. The van der Waals surface area contributed by atoms with E-state index < -0.39 is 10.0 Å². The quantitative estimate of drug-likeness (QED) is 0.392. The van der Waals surface area contributed by atoms with E-state index in [-0.39, 0.29) is 11.0 Å². The second-order valence-corrected chi connectivity index (χ2v) is 7.72. The molecule has 0 amide bonds. The smallest absolute Gasteiger partial charge is 0.247 e. The van der Waals surface area contributed by atoms with Crippen LogP contribution in [0.4, 0.5) is 0 Å². The third-order valence-corrected chi connectivity index (χ3v) is 6.10. The molecule has 116 valence electrons. The summed E-state index contributed by atoms with van der Waals surface area (Å²) in [5.41, 5.74) is 0.934. The number of hydrogen-bond acceptors (Lipinski definition) is 7. The van der Waals surface area contributed by atoms with Crippen molar-refractivity contribution in [3.05, 3.63) is 11.6 Å². The van der Waals surface area contributed by atoms with Gasteiger partial charge in [0.25, 0.3) is 0 Å². The summed E-state index contributed by atoms with van der Waals surface area (Å²) in [4.78, 5) is 0. The molecule has 0 aliphatic rings. The van der Waals surface area contributed by atoms with E-state index in [1.165, 1.54) is 23.1 Å². The number of ether oxygens (including phenoxy) is 3. The maximum Gasteiger partial charge on any atom is 0.247 e. The molecule has 0 fully saturated rings. The molecule has 1 rings (SSSR count).